The first-order valence-electron chi connectivity index (χ1n) is 13.0. The minimum atomic E-state index is -4.03. The zero-order valence-corrected chi connectivity index (χ0v) is 23.5. The molecule has 3 aromatic rings. The molecule has 0 bridgehead atoms. The predicted octanol–water partition coefficient (Wildman–Crippen LogP) is 4.24. The molecule has 0 spiro atoms. The third-order valence-electron chi connectivity index (χ3n) is 6.62. The summed E-state index contributed by atoms with van der Waals surface area (Å²) in [6.45, 7) is 3.74. The summed E-state index contributed by atoms with van der Waals surface area (Å²) in [6, 6.07) is 23.3. The van der Waals surface area contributed by atoms with Crippen molar-refractivity contribution in [2.75, 3.05) is 13.7 Å². The van der Waals surface area contributed by atoms with E-state index in [1.807, 2.05) is 60.7 Å². The number of aryl methyl sites for hydroxylation is 1. The third-order valence-corrected chi connectivity index (χ3v) is 8.14. The number of sulfonamides is 1. The number of benzene rings is 3. The number of ether oxygens (including phenoxy) is 2. The molecule has 9 heteroatoms. The minimum absolute atomic E-state index is 0.115. The van der Waals surface area contributed by atoms with Crippen molar-refractivity contribution >= 4 is 16.1 Å². The Morgan fingerprint density at radius 3 is 2.03 bits per heavy atom. The van der Waals surface area contributed by atoms with Crippen LogP contribution in [0.15, 0.2) is 83.8 Å². The van der Waals surface area contributed by atoms with E-state index in [-0.39, 0.29) is 17.7 Å². The summed E-state index contributed by atoms with van der Waals surface area (Å²) in [7, 11) is -2.50. The highest BCUT2D eigenvalue weighted by Gasteiger charge is 2.42. The van der Waals surface area contributed by atoms with E-state index in [1.165, 1.54) is 13.2 Å². The topological polar surface area (TPSA) is 128 Å². The van der Waals surface area contributed by atoms with Gasteiger partial charge in [-0.15, -0.1) is 0 Å². The SMILES string of the molecule is COc1ccc(S(=O)(=O)NC[C@@H](O)C(Cc2ccccc2)(Cc2ccccc2)OC(N)=O)c(CCC(C)C)c1. The maximum atomic E-state index is 13.5. The smallest absolute Gasteiger partial charge is 0.405 e. The molecule has 3 aromatic carbocycles. The Morgan fingerprint density at radius 2 is 1.54 bits per heavy atom. The lowest BCUT2D eigenvalue weighted by molar-refractivity contribution is -0.0758. The Hall–Kier alpha value is -3.40. The predicted molar refractivity (Wildman–Crippen MR) is 151 cm³/mol. The monoisotopic (exact) mass is 554 g/mol. The Morgan fingerprint density at radius 1 is 0.974 bits per heavy atom. The van der Waals surface area contributed by atoms with E-state index in [1.54, 1.807) is 12.1 Å². The Bertz CT molecular complexity index is 1270. The standard InChI is InChI=1S/C30H38N2O6S/c1-22(2)14-15-25-18-26(37-3)16-17-27(25)39(35,36)32-21-28(33)30(38-29(31)34,19-23-10-6-4-7-11-23)20-24-12-8-5-9-13-24/h4-13,16-18,22,28,32-33H,14-15,19-21H2,1-3H3,(H2,31,34)/t28-/m1/s1. The molecule has 3 rings (SSSR count). The van der Waals surface area contributed by atoms with Crippen LogP contribution in [0.1, 0.15) is 37.0 Å². The van der Waals surface area contributed by atoms with Gasteiger partial charge in [-0.05, 0) is 53.6 Å². The lowest BCUT2D eigenvalue weighted by Gasteiger charge is -2.37. The first-order valence-corrected chi connectivity index (χ1v) is 14.4. The molecule has 0 aliphatic carbocycles. The highest BCUT2D eigenvalue weighted by atomic mass is 32.2. The highest BCUT2D eigenvalue weighted by molar-refractivity contribution is 7.89. The number of nitrogens with one attached hydrogen (secondary N) is 1. The third kappa shape index (κ3) is 8.54. The van der Waals surface area contributed by atoms with Crippen molar-refractivity contribution < 1.29 is 27.8 Å². The highest BCUT2D eigenvalue weighted by Crippen LogP contribution is 2.29. The lowest BCUT2D eigenvalue weighted by Crippen LogP contribution is -2.55. The number of methoxy groups -OCH3 is 1. The molecule has 0 fully saturated rings. The number of carbonyl (C=O) groups excluding carboxylic acids is 1. The molecule has 1 atom stereocenters. The normalized spacial score (nSPS) is 12.7. The van der Waals surface area contributed by atoms with E-state index in [0.717, 1.165) is 17.5 Å². The summed E-state index contributed by atoms with van der Waals surface area (Å²) in [5.41, 5.74) is 6.16. The van der Waals surface area contributed by atoms with Crippen molar-refractivity contribution in [1.82, 2.24) is 4.72 Å². The van der Waals surface area contributed by atoms with Gasteiger partial charge in [0, 0.05) is 19.4 Å². The molecule has 0 heterocycles. The van der Waals surface area contributed by atoms with Gasteiger partial charge in [0.05, 0.1) is 12.0 Å². The number of hydrogen-bond acceptors (Lipinski definition) is 6. The minimum Gasteiger partial charge on any atom is -0.497 e. The molecule has 0 saturated heterocycles. The number of amides is 1. The van der Waals surface area contributed by atoms with Crippen LogP contribution < -0.4 is 15.2 Å². The molecular formula is C30H38N2O6S. The van der Waals surface area contributed by atoms with E-state index in [4.69, 9.17) is 15.2 Å². The first kappa shape index (κ1) is 30.1. The van der Waals surface area contributed by atoms with Gasteiger partial charge in [0.2, 0.25) is 10.0 Å². The molecule has 0 aromatic heterocycles. The summed E-state index contributed by atoms with van der Waals surface area (Å²) in [6.07, 6.45) is -0.896. The maximum absolute atomic E-state index is 13.5. The molecule has 0 aliphatic heterocycles. The number of primary amides is 1. The second-order valence-electron chi connectivity index (χ2n) is 10.1. The van der Waals surface area contributed by atoms with Crippen LogP contribution in [0.3, 0.4) is 0 Å². The summed E-state index contributed by atoms with van der Waals surface area (Å²) >= 11 is 0. The van der Waals surface area contributed by atoms with Crippen LogP contribution in [0.5, 0.6) is 5.75 Å². The number of nitrogens with two attached hydrogens (primary N) is 1. The van der Waals surface area contributed by atoms with Crippen LogP contribution in [-0.4, -0.2) is 45.0 Å². The summed E-state index contributed by atoms with van der Waals surface area (Å²) in [5, 5.41) is 11.5. The number of hydrogen-bond donors (Lipinski definition) is 3. The fourth-order valence-electron chi connectivity index (χ4n) is 4.56. The van der Waals surface area contributed by atoms with Crippen LogP contribution in [0.4, 0.5) is 4.79 Å². The Kier molecular flexibility index (Phi) is 10.5. The fraction of sp³-hybridized carbons (Fsp3) is 0.367. The Balaban J connectivity index is 1.93. The number of rotatable bonds is 14. The lowest BCUT2D eigenvalue weighted by atomic mass is 9.83. The largest absolute Gasteiger partial charge is 0.497 e. The molecule has 1 amide bonds. The second-order valence-corrected chi connectivity index (χ2v) is 11.8. The molecule has 0 aliphatic rings. The van der Waals surface area contributed by atoms with Gasteiger partial charge in [0.15, 0.2) is 0 Å². The van der Waals surface area contributed by atoms with Crippen LogP contribution in [-0.2, 0) is 34.0 Å². The van der Waals surface area contributed by atoms with Crippen molar-refractivity contribution in [3.05, 3.63) is 95.6 Å². The van der Waals surface area contributed by atoms with Gasteiger partial charge in [-0.3, -0.25) is 0 Å². The van der Waals surface area contributed by atoms with Crippen LogP contribution >= 0.6 is 0 Å². The Labute approximate surface area is 231 Å². The summed E-state index contributed by atoms with van der Waals surface area (Å²) < 4.78 is 40.4. The van der Waals surface area contributed by atoms with Crippen LogP contribution in [0, 0.1) is 5.92 Å². The van der Waals surface area contributed by atoms with Gasteiger partial charge < -0.3 is 20.3 Å². The number of aliphatic hydroxyl groups is 1. The van der Waals surface area contributed by atoms with Crippen molar-refractivity contribution in [2.45, 2.75) is 56.1 Å². The van der Waals surface area contributed by atoms with E-state index >= 15 is 0 Å². The molecule has 0 saturated carbocycles. The molecule has 4 N–H and O–H groups in total. The van der Waals surface area contributed by atoms with E-state index in [0.29, 0.717) is 23.7 Å². The van der Waals surface area contributed by atoms with Gasteiger partial charge in [-0.1, -0.05) is 74.5 Å². The first-order chi connectivity index (χ1) is 18.5. The van der Waals surface area contributed by atoms with E-state index in [9.17, 15) is 18.3 Å². The summed E-state index contributed by atoms with van der Waals surface area (Å²) in [5.74, 6) is 0.941. The molecule has 0 radical (unpaired) electrons. The average Bonchev–Trinajstić information content (AvgIpc) is 2.91. The van der Waals surface area contributed by atoms with Crippen molar-refractivity contribution in [2.24, 2.45) is 11.7 Å². The van der Waals surface area contributed by atoms with Crippen LogP contribution in [0.2, 0.25) is 0 Å². The van der Waals surface area contributed by atoms with Crippen molar-refractivity contribution in [3.8, 4) is 5.75 Å². The molecule has 0 unspecified atom stereocenters. The van der Waals surface area contributed by atoms with Crippen molar-refractivity contribution in [3.63, 3.8) is 0 Å². The van der Waals surface area contributed by atoms with Gasteiger partial charge in [0.1, 0.15) is 17.5 Å². The number of carbonyl (C=O) groups is 1. The van der Waals surface area contributed by atoms with Gasteiger partial charge in [-0.2, -0.15) is 0 Å². The molecule has 39 heavy (non-hydrogen) atoms. The number of aliphatic hydroxyl groups excluding tert-OH is 1. The zero-order valence-electron chi connectivity index (χ0n) is 22.7. The quantitative estimate of drug-likeness (QED) is 0.273. The molecular weight excluding hydrogens is 516 g/mol. The van der Waals surface area contributed by atoms with Crippen LogP contribution in [0.25, 0.3) is 0 Å². The molecule has 8 nitrogen and oxygen atoms in total. The summed E-state index contributed by atoms with van der Waals surface area (Å²) in [4.78, 5) is 12.2. The molecule has 210 valence electrons. The van der Waals surface area contributed by atoms with Gasteiger partial charge in [0.25, 0.3) is 0 Å². The van der Waals surface area contributed by atoms with E-state index in [2.05, 4.69) is 18.6 Å². The second kappa shape index (κ2) is 13.6. The fourth-order valence-corrected chi connectivity index (χ4v) is 5.84. The van der Waals surface area contributed by atoms with E-state index < -0.39 is 34.4 Å². The van der Waals surface area contributed by atoms with Gasteiger partial charge >= 0.3 is 6.09 Å². The van der Waals surface area contributed by atoms with Crippen molar-refractivity contribution in [1.29, 1.82) is 0 Å². The average molecular weight is 555 g/mol. The zero-order chi connectivity index (χ0) is 28.5. The maximum Gasteiger partial charge on any atom is 0.405 e. The van der Waals surface area contributed by atoms with Gasteiger partial charge in [-0.25, -0.2) is 17.9 Å².